The van der Waals surface area contributed by atoms with Crippen molar-refractivity contribution in [2.24, 2.45) is 10.5 Å². The van der Waals surface area contributed by atoms with Gasteiger partial charge in [-0.3, -0.25) is 10.1 Å². The molecular formula is C26H24Cl2F5N5O4. The summed E-state index contributed by atoms with van der Waals surface area (Å²) in [6.07, 6.45) is -4.46. The van der Waals surface area contributed by atoms with Gasteiger partial charge in [-0.15, -0.1) is 0 Å². The molecule has 42 heavy (non-hydrogen) atoms. The zero-order valence-electron chi connectivity index (χ0n) is 22.0. The van der Waals surface area contributed by atoms with Crippen LogP contribution in [0.4, 0.5) is 22.0 Å². The molecule has 0 amide bonds. The van der Waals surface area contributed by atoms with E-state index in [2.05, 4.69) is 21.4 Å². The van der Waals surface area contributed by atoms with Crippen LogP contribution in [-0.2, 0) is 15.0 Å². The van der Waals surface area contributed by atoms with Crippen molar-refractivity contribution < 1.29 is 41.8 Å². The molecule has 1 fully saturated rings. The van der Waals surface area contributed by atoms with Crippen LogP contribution in [-0.4, -0.2) is 47.0 Å². The Morgan fingerprint density at radius 3 is 2.31 bits per heavy atom. The van der Waals surface area contributed by atoms with Crippen LogP contribution in [0, 0.1) is 28.4 Å². The van der Waals surface area contributed by atoms with Crippen molar-refractivity contribution in [2.75, 3.05) is 6.54 Å². The van der Waals surface area contributed by atoms with Gasteiger partial charge in [0.25, 0.3) is 0 Å². The minimum absolute atomic E-state index is 0.0943. The molecule has 1 aliphatic heterocycles. The Balaban J connectivity index is 0.000000782. The van der Waals surface area contributed by atoms with Crippen LogP contribution in [0.3, 0.4) is 0 Å². The number of halogens is 7. The highest BCUT2D eigenvalue weighted by atomic mass is 35.5. The number of carboxylic acid groups (broad SMARTS) is 2. The number of nitrogens with one attached hydrogen (secondary N) is 1. The molecule has 0 saturated carbocycles. The first-order valence-corrected chi connectivity index (χ1v) is 12.8. The minimum Gasteiger partial charge on any atom is -0.480 e. The van der Waals surface area contributed by atoms with Crippen LogP contribution in [0.25, 0.3) is 10.4 Å². The summed E-state index contributed by atoms with van der Waals surface area (Å²) in [5.74, 6) is -7.08. The molecular weight excluding hydrogens is 612 g/mol. The Labute approximate surface area is 246 Å². The summed E-state index contributed by atoms with van der Waals surface area (Å²) in [7, 11) is 0. The predicted molar refractivity (Wildman–Crippen MR) is 142 cm³/mol. The van der Waals surface area contributed by atoms with Crippen LogP contribution in [0.1, 0.15) is 43.7 Å². The summed E-state index contributed by atoms with van der Waals surface area (Å²) in [6.45, 7) is 3.91. The van der Waals surface area contributed by atoms with Crippen LogP contribution in [0.15, 0.2) is 41.5 Å². The largest absolute Gasteiger partial charge is 0.490 e. The Bertz CT molecular complexity index is 1430. The van der Waals surface area contributed by atoms with Crippen molar-refractivity contribution >= 4 is 35.1 Å². The number of aliphatic carboxylic acids is 2. The lowest BCUT2D eigenvalue weighted by Crippen LogP contribution is -2.45. The first-order valence-electron chi connectivity index (χ1n) is 12.0. The lowest BCUT2D eigenvalue weighted by Gasteiger charge is -2.38. The highest BCUT2D eigenvalue weighted by molar-refractivity contribution is 6.31. The molecule has 1 saturated heterocycles. The molecule has 0 bridgehead atoms. The Morgan fingerprint density at radius 1 is 1.19 bits per heavy atom. The van der Waals surface area contributed by atoms with E-state index in [4.69, 9.17) is 38.6 Å². The van der Waals surface area contributed by atoms with Crippen LogP contribution < -0.4 is 5.32 Å². The molecule has 2 aromatic carbocycles. The highest BCUT2D eigenvalue weighted by Gasteiger charge is 2.61. The summed E-state index contributed by atoms with van der Waals surface area (Å²) >= 11 is 12.0. The number of hydrogen-bond acceptors (Lipinski definition) is 5. The Morgan fingerprint density at radius 2 is 1.81 bits per heavy atom. The van der Waals surface area contributed by atoms with Crippen LogP contribution >= 0.6 is 23.2 Å². The van der Waals surface area contributed by atoms with Crippen molar-refractivity contribution in [3.05, 3.63) is 79.6 Å². The quantitative estimate of drug-likeness (QED) is 0.123. The second-order valence-electron chi connectivity index (χ2n) is 10.1. The maximum absolute atomic E-state index is 15.4. The monoisotopic (exact) mass is 635 g/mol. The zero-order valence-corrected chi connectivity index (χ0v) is 23.5. The number of carboxylic acids is 2. The van der Waals surface area contributed by atoms with Gasteiger partial charge in [-0.25, -0.2) is 13.6 Å². The number of benzene rings is 2. The van der Waals surface area contributed by atoms with Gasteiger partial charge >= 0.3 is 18.1 Å². The minimum atomic E-state index is -5.08. The number of alkyl halides is 3. The Kier molecular flexibility index (Phi) is 11.2. The van der Waals surface area contributed by atoms with Gasteiger partial charge in [0.2, 0.25) is 0 Å². The summed E-state index contributed by atoms with van der Waals surface area (Å²) < 4.78 is 62.4. The average Bonchev–Trinajstić information content (AvgIpc) is 3.19. The van der Waals surface area contributed by atoms with Gasteiger partial charge in [-0.05, 0) is 47.6 Å². The second kappa shape index (κ2) is 13.6. The highest BCUT2D eigenvalue weighted by Crippen LogP contribution is 2.53. The maximum Gasteiger partial charge on any atom is 0.490 e. The van der Waals surface area contributed by atoms with Gasteiger partial charge < -0.3 is 10.2 Å². The molecule has 1 heterocycles. The van der Waals surface area contributed by atoms with Crippen molar-refractivity contribution in [1.82, 2.24) is 5.32 Å². The number of rotatable bonds is 8. The van der Waals surface area contributed by atoms with E-state index in [9.17, 15) is 28.3 Å². The van der Waals surface area contributed by atoms with E-state index in [1.807, 2.05) is 13.8 Å². The molecule has 1 aliphatic rings. The van der Waals surface area contributed by atoms with Gasteiger partial charge in [0.1, 0.15) is 23.1 Å². The molecule has 0 aromatic heterocycles. The molecule has 3 rings (SSSR count). The average molecular weight is 636 g/mol. The van der Waals surface area contributed by atoms with E-state index in [1.165, 1.54) is 30.3 Å². The van der Waals surface area contributed by atoms with Crippen molar-refractivity contribution in [3.63, 3.8) is 0 Å². The smallest absolute Gasteiger partial charge is 0.480 e. The lowest BCUT2D eigenvalue weighted by molar-refractivity contribution is -0.192. The van der Waals surface area contributed by atoms with Gasteiger partial charge in [0.05, 0.1) is 11.1 Å². The van der Waals surface area contributed by atoms with E-state index in [-0.39, 0.29) is 34.1 Å². The number of carbonyl (C=O) groups is 2. The summed E-state index contributed by atoms with van der Waals surface area (Å²) in [6, 6.07) is 7.75. The standard InChI is InChI=1S/C24H23Cl2F2N5O2.C2HF3O2/c1-23(2,8-9-31-33-30)11-18-24(12-29,15-7-6-13(25)10-17(15)27)19(21(32-18)22(34)35)14-4-3-5-16(26)20(14)28;3-2(4,5)1(6)7/h3-7,10,18-19,21,32H,8-9,11H2,1-2H3,(H,34,35);(H,6,7). The molecule has 3 N–H and O–H groups in total. The second-order valence-corrected chi connectivity index (χ2v) is 11.0. The fourth-order valence-corrected chi connectivity index (χ4v) is 5.32. The number of azide groups is 1. The molecule has 0 radical (unpaired) electrons. The number of nitrogens with zero attached hydrogens (tertiary/aromatic N) is 4. The topological polar surface area (TPSA) is 159 Å². The molecule has 4 unspecified atom stereocenters. The van der Waals surface area contributed by atoms with E-state index in [1.54, 1.807) is 0 Å². The van der Waals surface area contributed by atoms with Gasteiger partial charge in [-0.1, -0.05) is 60.4 Å². The maximum atomic E-state index is 15.4. The number of hydrogen-bond donors (Lipinski definition) is 3. The van der Waals surface area contributed by atoms with E-state index >= 15 is 8.78 Å². The third-order valence-corrected chi connectivity index (χ3v) is 7.38. The molecule has 9 nitrogen and oxygen atoms in total. The number of nitriles is 1. The summed E-state index contributed by atoms with van der Waals surface area (Å²) in [5, 5.41) is 34.2. The molecule has 2 aromatic rings. The summed E-state index contributed by atoms with van der Waals surface area (Å²) in [5.41, 5.74) is 6.02. The first kappa shape index (κ1) is 34.6. The summed E-state index contributed by atoms with van der Waals surface area (Å²) in [4.78, 5) is 24.0. The first-order chi connectivity index (χ1) is 19.4. The Hall–Kier alpha value is -3.63. The normalized spacial score (nSPS) is 21.9. The van der Waals surface area contributed by atoms with Gasteiger partial charge in [0.15, 0.2) is 0 Å². The zero-order chi connectivity index (χ0) is 32.0. The van der Waals surface area contributed by atoms with E-state index in [0.29, 0.717) is 6.42 Å². The van der Waals surface area contributed by atoms with Crippen molar-refractivity contribution in [1.29, 1.82) is 5.26 Å². The van der Waals surface area contributed by atoms with E-state index < -0.39 is 58.6 Å². The fourth-order valence-electron chi connectivity index (χ4n) is 4.98. The van der Waals surface area contributed by atoms with Gasteiger partial charge in [0, 0.05) is 34.0 Å². The van der Waals surface area contributed by atoms with E-state index in [0.717, 1.165) is 6.07 Å². The predicted octanol–water partition coefficient (Wildman–Crippen LogP) is 6.99. The third kappa shape index (κ3) is 7.60. The van der Waals surface area contributed by atoms with Crippen LogP contribution in [0.2, 0.25) is 10.0 Å². The molecule has 0 aliphatic carbocycles. The molecule has 16 heteroatoms. The third-order valence-electron chi connectivity index (χ3n) is 6.85. The van der Waals surface area contributed by atoms with Crippen molar-refractivity contribution in [3.8, 4) is 6.07 Å². The molecule has 4 atom stereocenters. The lowest BCUT2D eigenvalue weighted by atomic mass is 9.62. The van der Waals surface area contributed by atoms with Gasteiger partial charge in [-0.2, -0.15) is 18.4 Å². The fraction of sp³-hybridized carbons (Fsp3) is 0.423. The van der Waals surface area contributed by atoms with Crippen molar-refractivity contribution in [2.45, 2.75) is 56.3 Å². The SMILES string of the molecule is CC(C)(CCN=[N+]=[N-])CC1NC(C(=O)O)C(c2cccc(Cl)c2F)C1(C#N)c1ccc(Cl)cc1F.O=C(O)C(F)(F)F. The molecule has 226 valence electrons. The molecule has 0 spiro atoms. The van der Waals surface area contributed by atoms with Crippen LogP contribution in [0.5, 0.6) is 0 Å².